The second-order valence-electron chi connectivity index (χ2n) is 5.21. The molecule has 0 fully saturated rings. The third kappa shape index (κ3) is 4.48. The maximum atomic E-state index is 5.39. The van der Waals surface area contributed by atoms with Crippen LogP contribution in [0.3, 0.4) is 0 Å². The molecule has 0 unspecified atom stereocenters. The third-order valence-corrected chi connectivity index (χ3v) is 3.56. The zero-order valence-electron chi connectivity index (χ0n) is 14.2. The standard InChI is InChI=1S/C17H24N4O2/c1-5-14-10-15(23-20-14)11-19-17(18-2)21(3)12-13-8-6-7-9-16(13)22-4/h6-10H,5,11-12H2,1-4H3,(H,18,19). The minimum Gasteiger partial charge on any atom is -0.496 e. The summed E-state index contributed by atoms with van der Waals surface area (Å²) in [5.74, 6) is 2.46. The maximum Gasteiger partial charge on any atom is 0.194 e. The summed E-state index contributed by atoms with van der Waals surface area (Å²) in [6.07, 6.45) is 0.867. The smallest absolute Gasteiger partial charge is 0.194 e. The lowest BCUT2D eigenvalue weighted by molar-refractivity contribution is 0.370. The molecule has 1 heterocycles. The Kier molecular flexibility index (Phi) is 6.02. The molecule has 0 atom stereocenters. The van der Waals surface area contributed by atoms with Crippen LogP contribution in [0.2, 0.25) is 0 Å². The van der Waals surface area contributed by atoms with Gasteiger partial charge in [0.05, 0.1) is 19.3 Å². The number of rotatable bonds is 6. The minimum absolute atomic E-state index is 0.552. The van der Waals surface area contributed by atoms with Crippen LogP contribution in [-0.2, 0) is 19.5 Å². The Hall–Kier alpha value is -2.50. The van der Waals surface area contributed by atoms with Gasteiger partial charge in [0.15, 0.2) is 11.7 Å². The van der Waals surface area contributed by atoms with E-state index in [9.17, 15) is 0 Å². The lowest BCUT2D eigenvalue weighted by Gasteiger charge is -2.22. The number of nitrogens with one attached hydrogen (secondary N) is 1. The zero-order valence-corrected chi connectivity index (χ0v) is 14.2. The van der Waals surface area contributed by atoms with E-state index in [1.165, 1.54) is 0 Å². The Balaban J connectivity index is 1.97. The molecule has 0 aliphatic heterocycles. The molecule has 124 valence electrons. The van der Waals surface area contributed by atoms with Crippen LogP contribution in [0.15, 0.2) is 39.8 Å². The molecule has 2 aromatic rings. The van der Waals surface area contributed by atoms with Crippen molar-refractivity contribution in [3.63, 3.8) is 0 Å². The van der Waals surface area contributed by atoms with Crippen LogP contribution in [0.25, 0.3) is 0 Å². The number of aromatic nitrogens is 1. The lowest BCUT2D eigenvalue weighted by atomic mass is 10.2. The van der Waals surface area contributed by atoms with Gasteiger partial charge in [-0.25, -0.2) is 0 Å². The molecule has 0 saturated carbocycles. The van der Waals surface area contributed by atoms with E-state index in [2.05, 4.69) is 22.4 Å². The molecule has 0 spiro atoms. The largest absolute Gasteiger partial charge is 0.496 e. The van der Waals surface area contributed by atoms with Crippen LogP contribution in [0.5, 0.6) is 5.75 Å². The highest BCUT2D eigenvalue weighted by atomic mass is 16.5. The second kappa shape index (κ2) is 8.22. The fourth-order valence-corrected chi connectivity index (χ4v) is 2.32. The van der Waals surface area contributed by atoms with Crippen molar-refractivity contribution < 1.29 is 9.26 Å². The number of aryl methyl sites for hydroxylation is 1. The normalized spacial score (nSPS) is 11.4. The first-order valence-corrected chi connectivity index (χ1v) is 7.66. The number of hydrogen-bond donors (Lipinski definition) is 1. The number of methoxy groups -OCH3 is 1. The molecule has 0 saturated heterocycles. The molecule has 0 aliphatic rings. The third-order valence-electron chi connectivity index (χ3n) is 3.56. The van der Waals surface area contributed by atoms with E-state index in [-0.39, 0.29) is 0 Å². The molecular formula is C17H24N4O2. The number of nitrogens with zero attached hydrogens (tertiary/aromatic N) is 3. The van der Waals surface area contributed by atoms with Crippen molar-refractivity contribution in [2.24, 2.45) is 4.99 Å². The molecule has 1 N–H and O–H groups in total. The summed E-state index contributed by atoms with van der Waals surface area (Å²) in [7, 11) is 5.43. The molecule has 0 bridgehead atoms. The fourth-order valence-electron chi connectivity index (χ4n) is 2.32. The highest BCUT2D eigenvalue weighted by Crippen LogP contribution is 2.18. The fraction of sp³-hybridized carbons (Fsp3) is 0.412. The molecule has 0 aliphatic carbocycles. The Morgan fingerprint density at radius 1 is 1.39 bits per heavy atom. The molecule has 1 aromatic carbocycles. The lowest BCUT2D eigenvalue weighted by Crippen LogP contribution is -2.38. The van der Waals surface area contributed by atoms with E-state index >= 15 is 0 Å². The average molecular weight is 316 g/mol. The molecular weight excluding hydrogens is 292 g/mol. The van der Waals surface area contributed by atoms with Gasteiger partial charge in [0, 0.05) is 32.3 Å². The van der Waals surface area contributed by atoms with Gasteiger partial charge in [-0.05, 0) is 12.5 Å². The SMILES string of the molecule is CCc1cc(CNC(=NC)N(C)Cc2ccccc2OC)on1. The Morgan fingerprint density at radius 2 is 2.17 bits per heavy atom. The predicted octanol–water partition coefficient (Wildman–Crippen LogP) is 2.45. The Bertz CT molecular complexity index is 652. The van der Waals surface area contributed by atoms with Crippen molar-refractivity contribution in [3.8, 4) is 5.75 Å². The summed E-state index contributed by atoms with van der Waals surface area (Å²) in [4.78, 5) is 6.35. The van der Waals surface area contributed by atoms with Gasteiger partial charge in [0.1, 0.15) is 5.75 Å². The summed E-state index contributed by atoms with van der Waals surface area (Å²) in [6, 6.07) is 9.93. The van der Waals surface area contributed by atoms with E-state index in [0.717, 1.165) is 35.1 Å². The van der Waals surface area contributed by atoms with Crippen LogP contribution in [0.4, 0.5) is 0 Å². The van der Waals surface area contributed by atoms with E-state index < -0.39 is 0 Å². The van der Waals surface area contributed by atoms with Gasteiger partial charge in [0.25, 0.3) is 0 Å². The Morgan fingerprint density at radius 3 is 2.83 bits per heavy atom. The first-order valence-electron chi connectivity index (χ1n) is 7.66. The van der Waals surface area contributed by atoms with E-state index in [4.69, 9.17) is 9.26 Å². The summed E-state index contributed by atoms with van der Waals surface area (Å²) < 4.78 is 10.7. The van der Waals surface area contributed by atoms with Crippen LogP contribution >= 0.6 is 0 Å². The summed E-state index contributed by atoms with van der Waals surface area (Å²) in [5, 5.41) is 7.27. The number of para-hydroxylation sites is 1. The van der Waals surface area contributed by atoms with Crippen LogP contribution in [0.1, 0.15) is 23.9 Å². The summed E-state index contributed by atoms with van der Waals surface area (Å²) in [5.41, 5.74) is 2.06. The van der Waals surface area contributed by atoms with E-state index in [0.29, 0.717) is 13.1 Å². The van der Waals surface area contributed by atoms with Gasteiger partial charge in [-0.15, -0.1) is 0 Å². The molecule has 0 amide bonds. The van der Waals surface area contributed by atoms with Gasteiger partial charge in [0.2, 0.25) is 0 Å². The topological polar surface area (TPSA) is 62.9 Å². The molecule has 23 heavy (non-hydrogen) atoms. The van der Waals surface area contributed by atoms with Crippen molar-refractivity contribution in [1.29, 1.82) is 0 Å². The molecule has 6 heteroatoms. The number of benzene rings is 1. The monoisotopic (exact) mass is 316 g/mol. The maximum absolute atomic E-state index is 5.39. The quantitative estimate of drug-likeness (QED) is 0.655. The first kappa shape index (κ1) is 16.9. The number of hydrogen-bond acceptors (Lipinski definition) is 4. The highest BCUT2D eigenvalue weighted by molar-refractivity contribution is 5.79. The van der Waals surface area contributed by atoms with Crippen molar-refractivity contribution in [3.05, 3.63) is 47.3 Å². The average Bonchev–Trinajstić information content (AvgIpc) is 3.04. The second-order valence-corrected chi connectivity index (χ2v) is 5.21. The van der Waals surface area contributed by atoms with Crippen LogP contribution in [0, 0.1) is 0 Å². The molecule has 1 aromatic heterocycles. The van der Waals surface area contributed by atoms with Gasteiger partial charge in [-0.3, -0.25) is 4.99 Å². The number of guanidine groups is 1. The zero-order chi connectivity index (χ0) is 16.7. The van der Waals surface area contributed by atoms with Gasteiger partial charge in [-0.2, -0.15) is 0 Å². The number of aliphatic imine (C=N–C) groups is 1. The van der Waals surface area contributed by atoms with Crippen molar-refractivity contribution in [2.75, 3.05) is 21.2 Å². The van der Waals surface area contributed by atoms with Gasteiger partial charge >= 0.3 is 0 Å². The van der Waals surface area contributed by atoms with E-state index in [1.54, 1.807) is 14.2 Å². The molecule has 6 nitrogen and oxygen atoms in total. The van der Waals surface area contributed by atoms with Crippen LogP contribution < -0.4 is 10.1 Å². The van der Waals surface area contributed by atoms with Crippen LogP contribution in [-0.4, -0.2) is 37.2 Å². The first-order chi connectivity index (χ1) is 11.2. The predicted molar refractivity (Wildman–Crippen MR) is 90.5 cm³/mol. The van der Waals surface area contributed by atoms with Crippen molar-refractivity contribution >= 4 is 5.96 Å². The van der Waals surface area contributed by atoms with Gasteiger partial charge in [-0.1, -0.05) is 30.3 Å². The van der Waals surface area contributed by atoms with Crippen molar-refractivity contribution in [1.82, 2.24) is 15.4 Å². The van der Waals surface area contributed by atoms with E-state index in [1.807, 2.05) is 42.3 Å². The summed E-state index contributed by atoms with van der Waals surface area (Å²) >= 11 is 0. The summed E-state index contributed by atoms with van der Waals surface area (Å²) in [6.45, 7) is 3.30. The molecule has 0 radical (unpaired) electrons. The van der Waals surface area contributed by atoms with Gasteiger partial charge < -0.3 is 19.5 Å². The molecule has 2 rings (SSSR count). The highest BCUT2D eigenvalue weighted by Gasteiger charge is 2.11. The Labute approximate surface area is 137 Å². The number of ether oxygens (including phenoxy) is 1. The van der Waals surface area contributed by atoms with Crippen molar-refractivity contribution in [2.45, 2.75) is 26.4 Å². The minimum atomic E-state index is 0.552.